The van der Waals surface area contributed by atoms with Crippen molar-refractivity contribution in [2.75, 3.05) is 4.90 Å². The van der Waals surface area contributed by atoms with E-state index in [1.54, 1.807) is 11.0 Å². The topological polar surface area (TPSA) is 95.9 Å². The number of hydrogen-bond acceptors (Lipinski definition) is 9. The highest BCUT2D eigenvalue weighted by molar-refractivity contribution is 8.00. The second kappa shape index (κ2) is 9.87. The van der Waals surface area contributed by atoms with E-state index in [9.17, 15) is 23.2 Å². The molecule has 2 aliphatic rings. The van der Waals surface area contributed by atoms with E-state index in [2.05, 4.69) is 16.3 Å². The molecule has 5 rings (SSSR count). The van der Waals surface area contributed by atoms with Crippen LogP contribution in [0.15, 0.2) is 68.1 Å². The van der Waals surface area contributed by atoms with Crippen LogP contribution in [-0.2, 0) is 16.7 Å². The van der Waals surface area contributed by atoms with E-state index in [-0.39, 0.29) is 28.3 Å². The van der Waals surface area contributed by atoms with Crippen LogP contribution in [0.2, 0.25) is 0 Å². The number of ketones is 1. The molecule has 3 aromatic rings. The molecule has 6 nitrogen and oxygen atoms in total. The van der Waals surface area contributed by atoms with Gasteiger partial charge in [0.2, 0.25) is 5.13 Å². The van der Waals surface area contributed by atoms with Crippen LogP contribution in [0.4, 0.5) is 18.3 Å². The van der Waals surface area contributed by atoms with Crippen LogP contribution < -0.4 is 10.6 Å². The van der Waals surface area contributed by atoms with Crippen molar-refractivity contribution in [3.63, 3.8) is 0 Å². The molecule has 0 unspecified atom stereocenters. The van der Waals surface area contributed by atoms with Gasteiger partial charge in [0.1, 0.15) is 5.82 Å². The molecule has 2 N–H and O–H groups in total. The molecule has 1 aromatic carbocycles. The molecule has 0 bridgehead atoms. The first-order valence-corrected chi connectivity index (χ1v) is 14.3. The number of alkyl halides is 3. The maximum atomic E-state index is 13.5. The van der Waals surface area contributed by atoms with Gasteiger partial charge in [0.05, 0.1) is 23.1 Å². The van der Waals surface area contributed by atoms with Gasteiger partial charge in [0.15, 0.2) is 10.1 Å². The third kappa shape index (κ3) is 4.98. The number of carbonyl (C=O) groups is 1. The average molecular weight is 574 g/mol. The molecule has 0 amide bonds. The first-order chi connectivity index (χ1) is 18.0. The maximum absolute atomic E-state index is 13.5. The molecule has 3 heterocycles. The summed E-state index contributed by atoms with van der Waals surface area (Å²) in [6.07, 6.45) is -3.50. The standard InChI is InChI=1S/C26H22F3N5OS3/c1-25(2)9-18-21(19(35)10-25)20(15-6-7-36-13-15)17(11-30)22(31)34(18)23-32-33-24(38-23)37-12-14-4-3-5-16(8-14)26(27,28)29/h3-8,13,20H,9-10,12,31H2,1-2H3/t20-/m0/s1. The Morgan fingerprint density at radius 2 is 2.05 bits per heavy atom. The number of halogens is 3. The van der Waals surface area contributed by atoms with Gasteiger partial charge in [0, 0.05) is 23.4 Å². The molecule has 0 fully saturated rings. The zero-order valence-electron chi connectivity index (χ0n) is 20.4. The summed E-state index contributed by atoms with van der Waals surface area (Å²) in [6.45, 7) is 4.03. The first-order valence-electron chi connectivity index (χ1n) is 11.6. The molecule has 1 atom stereocenters. The number of benzene rings is 1. The fraction of sp³-hybridized carbons (Fsp3) is 0.308. The van der Waals surface area contributed by atoms with Crippen molar-refractivity contribution in [1.82, 2.24) is 10.2 Å². The summed E-state index contributed by atoms with van der Waals surface area (Å²) < 4.78 is 39.8. The number of nitrogens with zero attached hydrogens (tertiary/aromatic N) is 4. The highest BCUT2D eigenvalue weighted by Gasteiger charge is 2.45. The molecule has 196 valence electrons. The third-order valence-electron chi connectivity index (χ3n) is 6.46. The molecule has 1 aliphatic carbocycles. The minimum Gasteiger partial charge on any atom is -0.384 e. The van der Waals surface area contributed by atoms with Gasteiger partial charge in [-0.2, -0.15) is 29.8 Å². The van der Waals surface area contributed by atoms with Gasteiger partial charge < -0.3 is 5.73 Å². The van der Waals surface area contributed by atoms with Crippen LogP contribution in [0.25, 0.3) is 0 Å². The van der Waals surface area contributed by atoms with E-state index in [1.807, 2.05) is 30.7 Å². The van der Waals surface area contributed by atoms with Crippen molar-refractivity contribution in [2.24, 2.45) is 11.1 Å². The summed E-state index contributed by atoms with van der Waals surface area (Å²) in [5, 5.41) is 22.9. The summed E-state index contributed by atoms with van der Waals surface area (Å²) in [5.41, 5.74) is 8.50. The fourth-order valence-corrected chi connectivity index (χ4v) is 7.34. The van der Waals surface area contributed by atoms with Gasteiger partial charge in [-0.1, -0.05) is 55.1 Å². The van der Waals surface area contributed by atoms with Crippen molar-refractivity contribution >= 4 is 45.4 Å². The summed E-state index contributed by atoms with van der Waals surface area (Å²) in [5.74, 6) is -0.0869. The molecular formula is C26H22F3N5OS3. The molecule has 0 spiro atoms. The normalized spacial score (nSPS) is 19.5. The van der Waals surface area contributed by atoms with Crippen LogP contribution in [0.3, 0.4) is 0 Å². The Bertz CT molecular complexity index is 1500. The van der Waals surface area contributed by atoms with Crippen LogP contribution >= 0.6 is 34.4 Å². The van der Waals surface area contributed by atoms with E-state index in [0.717, 1.165) is 17.7 Å². The molecule has 0 radical (unpaired) electrons. The van der Waals surface area contributed by atoms with Gasteiger partial charge in [-0.25, -0.2) is 0 Å². The van der Waals surface area contributed by atoms with E-state index in [1.165, 1.54) is 40.5 Å². The van der Waals surface area contributed by atoms with Crippen LogP contribution in [0.1, 0.15) is 49.3 Å². The van der Waals surface area contributed by atoms with Crippen molar-refractivity contribution in [1.29, 1.82) is 5.26 Å². The summed E-state index contributed by atoms with van der Waals surface area (Å²) >= 11 is 3.97. The minimum atomic E-state index is -4.41. The Labute approximate surface area is 229 Å². The number of anilines is 1. The number of nitriles is 1. The smallest absolute Gasteiger partial charge is 0.384 e. The number of hydrogen-bond donors (Lipinski definition) is 1. The van der Waals surface area contributed by atoms with Crippen LogP contribution in [0, 0.1) is 16.7 Å². The number of nitrogens with two attached hydrogens (primary N) is 1. The second-order valence-electron chi connectivity index (χ2n) is 9.87. The lowest BCUT2D eigenvalue weighted by molar-refractivity contribution is -0.137. The number of rotatable bonds is 5. The molecule has 0 saturated heterocycles. The molecule has 38 heavy (non-hydrogen) atoms. The second-order valence-corrected chi connectivity index (χ2v) is 12.8. The lowest BCUT2D eigenvalue weighted by Gasteiger charge is -2.42. The van der Waals surface area contributed by atoms with Crippen molar-refractivity contribution in [3.05, 3.63) is 80.4 Å². The number of thiophene rings is 1. The van der Waals surface area contributed by atoms with E-state index >= 15 is 0 Å². The fourth-order valence-electron chi connectivity index (χ4n) is 4.83. The zero-order valence-corrected chi connectivity index (χ0v) is 22.8. The molecular weight excluding hydrogens is 552 g/mol. The van der Waals surface area contributed by atoms with Gasteiger partial charge in [-0.3, -0.25) is 9.69 Å². The van der Waals surface area contributed by atoms with E-state index < -0.39 is 17.7 Å². The first kappa shape index (κ1) is 26.5. The lowest BCUT2D eigenvalue weighted by Crippen LogP contribution is -2.42. The average Bonchev–Trinajstić information content (AvgIpc) is 3.53. The Morgan fingerprint density at radius 3 is 2.74 bits per heavy atom. The van der Waals surface area contributed by atoms with Crippen molar-refractivity contribution in [2.45, 2.75) is 48.9 Å². The Kier molecular flexibility index (Phi) is 6.87. The molecule has 0 saturated carbocycles. The zero-order chi connectivity index (χ0) is 27.2. The lowest BCUT2D eigenvalue weighted by atomic mass is 9.69. The van der Waals surface area contributed by atoms with Gasteiger partial charge in [-0.05, 0) is 45.9 Å². The Balaban J connectivity index is 1.50. The summed E-state index contributed by atoms with van der Waals surface area (Å²) in [4.78, 5) is 15.2. The predicted molar refractivity (Wildman–Crippen MR) is 142 cm³/mol. The Hall–Kier alpha value is -3.14. The minimum absolute atomic E-state index is 0.0265. The monoisotopic (exact) mass is 573 g/mol. The SMILES string of the molecule is CC1(C)CC(=O)C2=C(C1)N(c1nnc(SCc3cccc(C(F)(F)F)c3)s1)C(N)=C(C#N)[C@@H]2c1ccsc1. The maximum Gasteiger partial charge on any atom is 0.416 e. The quantitative estimate of drug-likeness (QED) is 0.334. The number of aromatic nitrogens is 2. The Morgan fingerprint density at radius 1 is 1.26 bits per heavy atom. The summed E-state index contributed by atoms with van der Waals surface area (Å²) in [7, 11) is 0. The van der Waals surface area contributed by atoms with E-state index in [0.29, 0.717) is 39.1 Å². The van der Waals surface area contributed by atoms with Crippen molar-refractivity contribution < 1.29 is 18.0 Å². The number of Topliss-reactive ketones (excluding diaryl/α,β-unsaturated/α-hetero) is 1. The largest absolute Gasteiger partial charge is 0.416 e. The molecule has 2 aromatic heterocycles. The van der Waals surface area contributed by atoms with Crippen LogP contribution in [-0.4, -0.2) is 16.0 Å². The number of allylic oxidation sites excluding steroid dienone is 3. The summed E-state index contributed by atoms with van der Waals surface area (Å²) in [6, 6.07) is 9.30. The van der Waals surface area contributed by atoms with Gasteiger partial charge in [-0.15, -0.1) is 10.2 Å². The molecule has 1 aliphatic heterocycles. The third-order valence-corrected chi connectivity index (χ3v) is 9.28. The highest BCUT2D eigenvalue weighted by atomic mass is 32.2. The van der Waals surface area contributed by atoms with Crippen LogP contribution in [0.5, 0.6) is 0 Å². The molecule has 12 heteroatoms. The van der Waals surface area contributed by atoms with Gasteiger partial charge >= 0.3 is 6.18 Å². The highest BCUT2D eigenvalue weighted by Crippen LogP contribution is 2.51. The number of carbonyl (C=O) groups excluding carboxylic acids is 1. The number of thioether (sulfide) groups is 1. The van der Waals surface area contributed by atoms with Crippen molar-refractivity contribution in [3.8, 4) is 6.07 Å². The predicted octanol–water partition coefficient (Wildman–Crippen LogP) is 6.85. The van der Waals surface area contributed by atoms with Gasteiger partial charge in [0.25, 0.3) is 0 Å². The van der Waals surface area contributed by atoms with E-state index in [4.69, 9.17) is 5.73 Å².